The molecule has 0 radical (unpaired) electrons. The van der Waals surface area contributed by atoms with Crippen LogP contribution in [0.25, 0.3) is 0 Å². The maximum absolute atomic E-state index is 11.3. The van der Waals surface area contributed by atoms with Gasteiger partial charge in [0.05, 0.1) is 12.6 Å². The SMILES string of the molecule is CCCn1cc(C(=O)CC(C)=O)nn1. The summed E-state index contributed by atoms with van der Waals surface area (Å²) in [5.41, 5.74) is 0.272. The van der Waals surface area contributed by atoms with E-state index in [0.717, 1.165) is 13.0 Å². The van der Waals surface area contributed by atoms with Gasteiger partial charge in [-0.15, -0.1) is 5.10 Å². The lowest BCUT2D eigenvalue weighted by Gasteiger charge is -1.92. The molecular formula is C9H13N3O2. The van der Waals surface area contributed by atoms with Gasteiger partial charge in [0.2, 0.25) is 0 Å². The Hall–Kier alpha value is -1.52. The van der Waals surface area contributed by atoms with Gasteiger partial charge in [0.1, 0.15) is 11.5 Å². The third-order valence-corrected chi connectivity index (χ3v) is 1.69. The van der Waals surface area contributed by atoms with Crippen LogP contribution in [-0.4, -0.2) is 26.6 Å². The Kier molecular flexibility index (Phi) is 3.50. The van der Waals surface area contributed by atoms with Crippen molar-refractivity contribution in [2.45, 2.75) is 33.2 Å². The number of hydrogen-bond donors (Lipinski definition) is 0. The summed E-state index contributed by atoms with van der Waals surface area (Å²) in [4.78, 5) is 22.0. The summed E-state index contributed by atoms with van der Waals surface area (Å²) >= 11 is 0. The molecule has 0 spiro atoms. The Morgan fingerprint density at radius 3 is 2.79 bits per heavy atom. The van der Waals surface area contributed by atoms with Crippen molar-refractivity contribution in [3.05, 3.63) is 11.9 Å². The molecule has 14 heavy (non-hydrogen) atoms. The van der Waals surface area contributed by atoms with Crippen molar-refractivity contribution in [2.24, 2.45) is 0 Å². The van der Waals surface area contributed by atoms with Gasteiger partial charge in [0, 0.05) is 6.54 Å². The van der Waals surface area contributed by atoms with Gasteiger partial charge in [-0.05, 0) is 13.3 Å². The van der Waals surface area contributed by atoms with Crippen LogP contribution in [-0.2, 0) is 11.3 Å². The number of nitrogens with zero attached hydrogens (tertiary/aromatic N) is 3. The third kappa shape index (κ3) is 2.76. The van der Waals surface area contributed by atoms with Crippen molar-refractivity contribution >= 4 is 11.6 Å². The Bertz CT molecular complexity index is 344. The fraction of sp³-hybridized carbons (Fsp3) is 0.556. The second kappa shape index (κ2) is 4.64. The van der Waals surface area contributed by atoms with Gasteiger partial charge in [-0.1, -0.05) is 12.1 Å². The van der Waals surface area contributed by atoms with Gasteiger partial charge in [0.25, 0.3) is 0 Å². The van der Waals surface area contributed by atoms with E-state index in [1.54, 1.807) is 10.9 Å². The first-order valence-electron chi connectivity index (χ1n) is 4.56. The highest BCUT2D eigenvalue weighted by Gasteiger charge is 2.12. The fourth-order valence-electron chi connectivity index (χ4n) is 1.08. The summed E-state index contributed by atoms with van der Waals surface area (Å²) in [5, 5.41) is 7.47. The van der Waals surface area contributed by atoms with Gasteiger partial charge in [0.15, 0.2) is 5.78 Å². The summed E-state index contributed by atoms with van der Waals surface area (Å²) in [6.45, 7) is 4.13. The van der Waals surface area contributed by atoms with Crippen molar-refractivity contribution in [1.82, 2.24) is 15.0 Å². The molecule has 0 bridgehead atoms. The molecule has 0 amide bonds. The van der Waals surface area contributed by atoms with Gasteiger partial charge in [-0.25, -0.2) is 0 Å². The molecule has 1 rings (SSSR count). The number of Topliss-reactive ketones (excluding diaryl/α,β-unsaturated/α-hetero) is 2. The van der Waals surface area contributed by atoms with Crippen LogP contribution in [0.2, 0.25) is 0 Å². The molecule has 0 fully saturated rings. The number of aryl methyl sites for hydroxylation is 1. The second-order valence-corrected chi connectivity index (χ2v) is 3.17. The molecule has 0 saturated heterocycles. The van der Waals surface area contributed by atoms with Crippen LogP contribution in [0.5, 0.6) is 0 Å². The van der Waals surface area contributed by atoms with E-state index in [4.69, 9.17) is 0 Å². The molecule has 0 N–H and O–H groups in total. The first-order chi connectivity index (χ1) is 6.63. The lowest BCUT2D eigenvalue weighted by atomic mass is 10.2. The minimum absolute atomic E-state index is 0.0924. The van der Waals surface area contributed by atoms with E-state index in [0.29, 0.717) is 0 Å². The van der Waals surface area contributed by atoms with Gasteiger partial charge in [-0.2, -0.15) is 0 Å². The van der Waals surface area contributed by atoms with Crippen LogP contribution >= 0.6 is 0 Å². The monoisotopic (exact) mass is 195 g/mol. The predicted octanol–water partition coefficient (Wildman–Crippen LogP) is 0.850. The van der Waals surface area contributed by atoms with Gasteiger partial charge >= 0.3 is 0 Å². The molecule has 0 aliphatic rings. The molecule has 1 aromatic heterocycles. The van der Waals surface area contributed by atoms with E-state index in [2.05, 4.69) is 10.3 Å². The average molecular weight is 195 g/mol. The molecule has 0 aliphatic carbocycles. The predicted molar refractivity (Wildman–Crippen MR) is 49.9 cm³/mol. The van der Waals surface area contributed by atoms with Crippen LogP contribution in [0.4, 0.5) is 0 Å². The minimum Gasteiger partial charge on any atom is -0.300 e. The number of aromatic nitrogens is 3. The van der Waals surface area contributed by atoms with Crippen LogP contribution in [0.15, 0.2) is 6.20 Å². The molecule has 0 saturated carbocycles. The second-order valence-electron chi connectivity index (χ2n) is 3.17. The lowest BCUT2D eigenvalue weighted by molar-refractivity contribution is -0.116. The maximum atomic E-state index is 11.3. The van der Waals surface area contributed by atoms with E-state index in [1.165, 1.54) is 6.92 Å². The highest BCUT2D eigenvalue weighted by Crippen LogP contribution is 1.99. The summed E-state index contributed by atoms with van der Waals surface area (Å²) in [7, 11) is 0. The smallest absolute Gasteiger partial charge is 0.192 e. The molecule has 0 aliphatic heterocycles. The number of carbonyl (C=O) groups is 2. The summed E-state index contributed by atoms with van der Waals surface area (Å²) in [5.74, 6) is -0.417. The Morgan fingerprint density at radius 1 is 1.50 bits per heavy atom. The minimum atomic E-state index is -0.264. The van der Waals surface area contributed by atoms with Crippen molar-refractivity contribution in [3.8, 4) is 0 Å². The molecule has 0 aromatic carbocycles. The van der Waals surface area contributed by atoms with Gasteiger partial charge < -0.3 is 0 Å². The summed E-state index contributed by atoms with van der Waals surface area (Å²) in [6, 6.07) is 0. The first kappa shape index (κ1) is 10.6. The number of carbonyl (C=O) groups excluding carboxylic acids is 2. The van der Waals surface area contributed by atoms with Crippen molar-refractivity contribution in [2.75, 3.05) is 0 Å². The van der Waals surface area contributed by atoms with Crippen LogP contribution in [0.3, 0.4) is 0 Å². The van der Waals surface area contributed by atoms with E-state index < -0.39 is 0 Å². The zero-order chi connectivity index (χ0) is 10.6. The average Bonchev–Trinajstić information content (AvgIpc) is 2.52. The van der Waals surface area contributed by atoms with Gasteiger partial charge in [-0.3, -0.25) is 14.3 Å². The van der Waals surface area contributed by atoms with Crippen LogP contribution in [0, 0.1) is 0 Å². The number of ketones is 2. The summed E-state index contributed by atoms with van der Waals surface area (Å²) in [6.07, 6.45) is 2.42. The highest BCUT2D eigenvalue weighted by molar-refractivity contribution is 6.06. The standard InChI is InChI=1S/C9H13N3O2/c1-3-4-12-6-8(10-11-12)9(14)5-7(2)13/h6H,3-5H2,1-2H3. The lowest BCUT2D eigenvalue weighted by Crippen LogP contribution is -2.05. The maximum Gasteiger partial charge on any atom is 0.192 e. The number of rotatable bonds is 5. The molecule has 0 atom stereocenters. The van der Waals surface area contributed by atoms with E-state index in [9.17, 15) is 9.59 Å². The normalized spacial score (nSPS) is 10.1. The molecule has 0 unspecified atom stereocenters. The molecule has 76 valence electrons. The largest absolute Gasteiger partial charge is 0.300 e. The fourth-order valence-corrected chi connectivity index (χ4v) is 1.08. The first-order valence-corrected chi connectivity index (χ1v) is 4.56. The number of hydrogen-bond acceptors (Lipinski definition) is 4. The van der Waals surface area contributed by atoms with E-state index in [1.807, 2.05) is 6.92 Å². The van der Waals surface area contributed by atoms with E-state index in [-0.39, 0.29) is 23.7 Å². The zero-order valence-electron chi connectivity index (χ0n) is 8.36. The quantitative estimate of drug-likeness (QED) is 0.516. The molecule has 5 heteroatoms. The Morgan fingerprint density at radius 2 is 2.21 bits per heavy atom. The third-order valence-electron chi connectivity index (χ3n) is 1.69. The molecular weight excluding hydrogens is 182 g/mol. The van der Waals surface area contributed by atoms with Crippen LogP contribution < -0.4 is 0 Å². The Balaban J connectivity index is 2.66. The highest BCUT2D eigenvalue weighted by atomic mass is 16.1. The summed E-state index contributed by atoms with van der Waals surface area (Å²) < 4.78 is 1.60. The topological polar surface area (TPSA) is 64.8 Å². The molecule has 1 heterocycles. The van der Waals surface area contributed by atoms with Crippen molar-refractivity contribution in [3.63, 3.8) is 0 Å². The molecule has 5 nitrogen and oxygen atoms in total. The van der Waals surface area contributed by atoms with Crippen molar-refractivity contribution < 1.29 is 9.59 Å². The Labute approximate surface area is 82.1 Å². The zero-order valence-corrected chi connectivity index (χ0v) is 8.36. The van der Waals surface area contributed by atoms with Crippen molar-refractivity contribution in [1.29, 1.82) is 0 Å². The van der Waals surface area contributed by atoms with E-state index >= 15 is 0 Å². The molecule has 1 aromatic rings. The van der Waals surface area contributed by atoms with Crippen LogP contribution in [0.1, 0.15) is 37.2 Å².